The molecule has 1 aliphatic carbocycles. The van der Waals surface area contributed by atoms with Gasteiger partial charge in [0.1, 0.15) is 5.75 Å². The van der Waals surface area contributed by atoms with Gasteiger partial charge in [-0.3, -0.25) is 4.79 Å². The number of nitrogens with one attached hydrogen (secondary N) is 1. The second-order valence-corrected chi connectivity index (χ2v) is 7.44. The van der Waals surface area contributed by atoms with Crippen molar-refractivity contribution in [2.24, 2.45) is 0 Å². The molecule has 0 spiro atoms. The van der Waals surface area contributed by atoms with Crippen LogP contribution < -0.4 is 10.1 Å². The third-order valence-electron chi connectivity index (χ3n) is 5.13. The summed E-state index contributed by atoms with van der Waals surface area (Å²) >= 11 is 0. The molecule has 1 aromatic carbocycles. The maximum Gasteiger partial charge on any atom is 0.307 e. The van der Waals surface area contributed by atoms with E-state index in [1.165, 1.54) is 6.20 Å². The molecule has 2 fully saturated rings. The van der Waals surface area contributed by atoms with Crippen molar-refractivity contribution in [1.82, 2.24) is 15.2 Å². The molecule has 1 aliphatic heterocycles. The van der Waals surface area contributed by atoms with E-state index in [-0.39, 0.29) is 24.1 Å². The quantitative estimate of drug-likeness (QED) is 0.692. The minimum atomic E-state index is -0.455. The number of rotatable bonds is 7. The molecule has 1 saturated carbocycles. The average molecular weight is 407 g/mol. The molecule has 2 aliphatic rings. The summed E-state index contributed by atoms with van der Waals surface area (Å²) in [6, 6.07) is 6.91. The molecule has 1 saturated heterocycles. The summed E-state index contributed by atoms with van der Waals surface area (Å²) < 4.78 is 16.7. The van der Waals surface area contributed by atoms with Gasteiger partial charge in [-0.2, -0.15) is 10.5 Å². The van der Waals surface area contributed by atoms with E-state index >= 15 is 0 Å². The second kappa shape index (κ2) is 8.44. The molecule has 2 atom stereocenters. The van der Waals surface area contributed by atoms with Crippen LogP contribution in [-0.4, -0.2) is 54.2 Å². The zero-order chi connectivity index (χ0) is 21.1. The van der Waals surface area contributed by atoms with E-state index in [1.54, 1.807) is 30.2 Å². The molecular formula is C21H21N5O4. The lowest BCUT2D eigenvalue weighted by atomic mass is 10.1. The third kappa shape index (κ3) is 4.22. The summed E-state index contributed by atoms with van der Waals surface area (Å²) in [5.74, 6) is 0.421. The van der Waals surface area contributed by atoms with Crippen LogP contribution in [0, 0.1) is 22.8 Å². The first-order valence-corrected chi connectivity index (χ1v) is 9.74. The van der Waals surface area contributed by atoms with Crippen LogP contribution in [0.5, 0.6) is 5.75 Å². The molecule has 30 heavy (non-hydrogen) atoms. The van der Waals surface area contributed by atoms with Crippen LogP contribution >= 0.6 is 0 Å². The first kappa shape index (κ1) is 19.7. The average Bonchev–Trinajstić information content (AvgIpc) is 3.28. The summed E-state index contributed by atoms with van der Waals surface area (Å²) in [4.78, 5) is 18.3. The number of carbonyl (C=O) groups excluding carboxylic acids is 1. The smallest absolute Gasteiger partial charge is 0.307 e. The van der Waals surface area contributed by atoms with Crippen LogP contribution in [0.3, 0.4) is 0 Å². The van der Waals surface area contributed by atoms with Gasteiger partial charge >= 0.3 is 5.91 Å². The molecule has 4 rings (SSSR count). The minimum absolute atomic E-state index is 0.0683. The molecule has 9 nitrogen and oxygen atoms in total. The highest BCUT2D eigenvalue weighted by Gasteiger charge is 2.33. The first-order chi connectivity index (χ1) is 14.6. The lowest BCUT2D eigenvalue weighted by Crippen LogP contribution is -2.36. The fourth-order valence-electron chi connectivity index (χ4n) is 3.51. The standard InChI is InChI=1S/C21H21N5O4/c1-28-11-15-7-14(10-26(15)12-23)25-20(27)21-24-9-19(30-21)17-6-13(8-22)2-5-18(17)29-16-3-4-16/h2,5-6,9,14-16H,3-4,7,10-11H2,1H3,(H,25,27)/t14-,15+/m1/s1. The van der Waals surface area contributed by atoms with Crippen molar-refractivity contribution in [1.29, 1.82) is 10.5 Å². The molecule has 1 amide bonds. The molecular weight excluding hydrogens is 386 g/mol. The van der Waals surface area contributed by atoms with E-state index in [9.17, 15) is 15.3 Å². The van der Waals surface area contributed by atoms with Crippen molar-refractivity contribution < 1.29 is 18.7 Å². The van der Waals surface area contributed by atoms with Gasteiger partial charge in [-0.1, -0.05) is 0 Å². The number of nitriles is 2. The molecule has 1 N–H and O–H groups in total. The predicted octanol–water partition coefficient (Wildman–Crippen LogP) is 2.05. The van der Waals surface area contributed by atoms with Crippen molar-refractivity contribution in [3.8, 4) is 29.3 Å². The molecule has 2 heterocycles. The Labute approximate surface area is 173 Å². The first-order valence-electron chi connectivity index (χ1n) is 9.74. The monoisotopic (exact) mass is 407 g/mol. The normalized spacial score (nSPS) is 20.4. The maximum absolute atomic E-state index is 12.6. The number of amides is 1. The van der Waals surface area contributed by atoms with Gasteiger partial charge in [0.25, 0.3) is 5.89 Å². The molecule has 1 aromatic heterocycles. The van der Waals surface area contributed by atoms with Crippen LogP contribution in [0.4, 0.5) is 0 Å². The summed E-state index contributed by atoms with van der Waals surface area (Å²) in [6.45, 7) is 0.829. The van der Waals surface area contributed by atoms with E-state index in [4.69, 9.17) is 13.9 Å². The van der Waals surface area contributed by atoms with Gasteiger partial charge < -0.3 is 24.1 Å². The Morgan fingerprint density at radius 2 is 2.23 bits per heavy atom. The van der Waals surface area contributed by atoms with Crippen molar-refractivity contribution >= 4 is 5.91 Å². The van der Waals surface area contributed by atoms with Crippen LogP contribution in [0.15, 0.2) is 28.8 Å². The number of carbonyl (C=O) groups is 1. The van der Waals surface area contributed by atoms with Gasteiger partial charge in [0, 0.05) is 19.7 Å². The predicted molar refractivity (Wildman–Crippen MR) is 104 cm³/mol. The number of nitrogens with zero attached hydrogens (tertiary/aromatic N) is 4. The summed E-state index contributed by atoms with van der Waals surface area (Å²) in [5.41, 5.74) is 1.05. The number of oxazole rings is 1. The Balaban J connectivity index is 1.49. The Morgan fingerprint density at radius 3 is 2.93 bits per heavy atom. The van der Waals surface area contributed by atoms with E-state index in [0.717, 1.165) is 12.8 Å². The molecule has 0 bridgehead atoms. The van der Waals surface area contributed by atoms with E-state index in [0.29, 0.717) is 42.2 Å². The van der Waals surface area contributed by atoms with E-state index < -0.39 is 5.91 Å². The fraction of sp³-hybridized carbons (Fsp3) is 0.429. The largest absolute Gasteiger partial charge is 0.490 e. The second-order valence-electron chi connectivity index (χ2n) is 7.44. The summed E-state index contributed by atoms with van der Waals surface area (Å²) in [7, 11) is 1.58. The topological polar surface area (TPSA) is 124 Å². The van der Waals surface area contributed by atoms with E-state index in [1.807, 2.05) is 0 Å². The number of hydrogen-bond donors (Lipinski definition) is 1. The van der Waals surface area contributed by atoms with Crippen molar-refractivity contribution in [3.63, 3.8) is 0 Å². The Bertz CT molecular complexity index is 1020. The molecule has 0 radical (unpaired) electrons. The summed E-state index contributed by atoms with van der Waals surface area (Å²) in [5, 5.41) is 21.3. The van der Waals surface area contributed by atoms with Gasteiger partial charge in [0.05, 0.1) is 42.1 Å². The minimum Gasteiger partial charge on any atom is -0.490 e. The Morgan fingerprint density at radius 1 is 1.40 bits per heavy atom. The molecule has 9 heteroatoms. The zero-order valence-corrected chi connectivity index (χ0v) is 16.5. The number of ether oxygens (including phenoxy) is 2. The van der Waals surface area contributed by atoms with Gasteiger partial charge in [-0.05, 0) is 37.5 Å². The van der Waals surface area contributed by atoms with Crippen LogP contribution in [-0.2, 0) is 4.74 Å². The zero-order valence-electron chi connectivity index (χ0n) is 16.5. The number of benzene rings is 1. The Kier molecular flexibility index (Phi) is 5.55. The van der Waals surface area contributed by atoms with Gasteiger partial charge in [0.2, 0.25) is 0 Å². The van der Waals surface area contributed by atoms with Crippen molar-refractivity contribution in [3.05, 3.63) is 35.9 Å². The fourth-order valence-corrected chi connectivity index (χ4v) is 3.51. The highest BCUT2D eigenvalue weighted by Crippen LogP contribution is 2.36. The molecule has 2 aromatic rings. The Hall–Kier alpha value is -3.56. The molecule has 0 unspecified atom stereocenters. The number of aromatic nitrogens is 1. The van der Waals surface area contributed by atoms with Crippen molar-refractivity contribution in [2.45, 2.75) is 37.5 Å². The van der Waals surface area contributed by atoms with Gasteiger partial charge in [0.15, 0.2) is 12.0 Å². The lowest BCUT2D eigenvalue weighted by Gasteiger charge is -2.15. The number of likely N-dealkylation sites (tertiary alicyclic amines) is 1. The highest BCUT2D eigenvalue weighted by molar-refractivity contribution is 5.90. The number of hydrogen-bond acceptors (Lipinski definition) is 8. The summed E-state index contributed by atoms with van der Waals surface area (Å²) in [6.07, 6.45) is 6.35. The SMILES string of the molecule is COC[C@@H]1C[C@@H](NC(=O)c2ncc(-c3cc(C#N)ccc3OC3CC3)o2)CN1C#N. The van der Waals surface area contributed by atoms with Crippen molar-refractivity contribution in [2.75, 3.05) is 20.3 Å². The van der Waals surface area contributed by atoms with Crippen LogP contribution in [0.1, 0.15) is 35.5 Å². The van der Waals surface area contributed by atoms with Crippen LogP contribution in [0.2, 0.25) is 0 Å². The number of methoxy groups -OCH3 is 1. The maximum atomic E-state index is 12.6. The van der Waals surface area contributed by atoms with E-state index in [2.05, 4.69) is 22.6 Å². The highest BCUT2D eigenvalue weighted by atomic mass is 16.5. The van der Waals surface area contributed by atoms with Crippen LogP contribution in [0.25, 0.3) is 11.3 Å². The third-order valence-corrected chi connectivity index (χ3v) is 5.13. The molecule has 154 valence electrons. The lowest BCUT2D eigenvalue weighted by molar-refractivity contribution is 0.0904. The van der Waals surface area contributed by atoms with Gasteiger partial charge in [-0.25, -0.2) is 4.98 Å². The van der Waals surface area contributed by atoms with Gasteiger partial charge in [-0.15, -0.1) is 0 Å².